The van der Waals surface area contributed by atoms with Crippen molar-refractivity contribution < 1.29 is 14.3 Å². The van der Waals surface area contributed by atoms with Gasteiger partial charge < -0.3 is 9.47 Å². The van der Waals surface area contributed by atoms with Crippen LogP contribution >= 0.6 is 0 Å². The quantitative estimate of drug-likeness (QED) is 0.615. The first-order valence-electron chi connectivity index (χ1n) is 6.68. The molecule has 2 aliphatic rings. The molecule has 1 aromatic carbocycles. The molecular formula is C16H18O3. The lowest BCUT2D eigenvalue weighted by Gasteiger charge is -2.12. The number of carbonyl (C=O) groups excluding carboxylic acids is 1. The van der Waals surface area contributed by atoms with Crippen LogP contribution in [0.3, 0.4) is 0 Å². The molecule has 1 heterocycles. The summed E-state index contributed by atoms with van der Waals surface area (Å²) in [6.07, 6.45) is 1.05. The predicted octanol–water partition coefficient (Wildman–Crippen LogP) is 3.41. The highest BCUT2D eigenvalue weighted by Gasteiger charge is 2.58. The second-order valence-electron chi connectivity index (χ2n) is 5.53. The largest absolute Gasteiger partial charge is 0.489 e. The average Bonchev–Trinajstić information content (AvgIpc) is 2.87. The molecule has 0 amide bonds. The van der Waals surface area contributed by atoms with Crippen molar-refractivity contribution in [2.24, 2.45) is 5.92 Å². The van der Waals surface area contributed by atoms with Crippen LogP contribution < -0.4 is 4.74 Å². The van der Waals surface area contributed by atoms with Gasteiger partial charge in [0.25, 0.3) is 0 Å². The fourth-order valence-corrected chi connectivity index (χ4v) is 2.90. The van der Waals surface area contributed by atoms with Gasteiger partial charge in [0.1, 0.15) is 17.6 Å². The Morgan fingerprint density at radius 2 is 2.00 bits per heavy atom. The second kappa shape index (κ2) is 4.41. The molecule has 1 aliphatic heterocycles. The third-order valence-corrected chi connectivity index (χ3v) is 3.88. The Morgan fingerprint density at radius 3 is 2.68 bits per heavy atom. The molecule has 0 N–H and O–H groups in total. The van der Waals surface area contributed by atoms with Gasteiger partial charge in [0.15, 0.2) is 0 Å². The van der Waals surface area contributed by atoms with E-state index < -0.39 is 0 Å². The molecule has 100 valence electrons. The molecule has 0 aromatic heterocycles. The molecule has 1 saturated carbocycles. The minimum atomic E-state index is -0.247. The molecule has 0 spiro atoms. The summed E-state index contributed by atoms with van der Waals surface area (Å²) in [4.78, 5) is 11.1. The SMILES string of the molecule is CC(=O)OC(C[C@H]1[C@H]2Oc3ccccc3[C@@H]12)=C(C)C. The van der Waals surface area contributed by atoms with Crippen LogP contribution in [0, 0.1) is 5.92 Å². The first-order chi connectivity index (χ1) is 9.08. The Hall–Kier alpha value is -1.77. The van der Waals surface area contributed by atoms with E-state index in [1.807, 2.05) is 32.0 Å². The molecule has 0 unspecified atom stereocenters. The van der Waals surface area contributed by atoms with E-state index in [0.717, 1.165) is 23.5 Å². The van der Waals surface area contributed by atoms with E-state index in [1.54, 1.807) is 0 Å². The van der Waals surface area contributed by atoms with Crippen LogP contribution in [0.5, 0.6) is 5.75 Å². The molecule has 0 radical (unpaired) electrons. The highest BCUT2D eigenvalue weighted by atomic mass is 16.5. The third kappa shape index (κ3) is 2.14. The summed E-state index contributed by atoms with van der Waals surface area (Å²) in [5.41, 5.74) is 2.36. The standard InChI is InChI=1S/C16H18O3/c1-9(2)14(18-10(3)17)8-12-15-11-6-4-5-7-13(11)19-16(12)15/h4-7,12,15-16H,8H2,1-3H3/t12-,15+,16-/m1/s1. The van der Waals surface area contributed by atoms with Crippen molar-refractivity contribution in [2.45, 2.75) is 39.2 Å². The summed E-state index contributed by atoms with van der Waals surface area (Å²) in [5.74, 6) is 2.48. The molecule has 3 heteroatoms. The third-order valence-electron chi connectivity index (χ3n) is 3.88. The van der Waals surface area contributed by atoms with Gasteiger partial charge >= 0.3 is 5.97 Å². The summed E-state index contributed by atoms with van der Waals surface area (Å²) in [6.45, 7) is 5.40. The van der Waals surface area contributed by atoms with Gasteiger partial charge in [-0.1, -0.05) is 18.2 Å². The van der Waals surface area contributed by atoms with Gasteiger partial charge in [-0.3, -0.25) is 4.79 Å². The fourth-order valence-electron chi connectivity index (χ4n) is 2.90. The van der Waals surface area contributed by atoms with Gasteiger partial charge in [-0.05, 0) is 25.5 Å². The van der Waals surface area contributed by atoms with Crippen molar-refractivity contribution >= 4 is 5.97 Å². The van der Waals surface area contributed by atoms with Crippen molar-refractivity contribution in [3.63, 3.8) is 0 Å². The van der Waals surface area contributed by atoms with Crippen LogP contribution in [0.2, 0.25) is 0 Å². The molecule has 3 atom stereocenters. The summed E-state index contributed by atoms with van der Waals surface area (Å²) < 4.78 is 11.2. The summed E-state index contributed by atoms with van der Waals surface area (Å²) in [6, 6.07) is 8.20. The number of hydrogen-bond donors (Lipinski definition) is 0. The molecule has 1 aliphatic carbocycles. The highest BCUT2D eigenvalue weighted by Crippen LogP contribution is 2.60. The van der Waals surface area contributed by atoms with Crippen molar-refractivity contribution in [3.05, 3.63) is 41.2 Å². The van der Waals surface area contributed by atoms with Gasteiger partial charge in [-0.25, -0.2) is 0 Å². The Morgan fingerprint density at radius 1 is 1.26 bits per heavy atom. The van der Waals surface area contributed by atoms with Gasteiger partial charge in [0, 0.05) is 30.7 Å². The van der Waals surface area contributed by atoms with E-state index in [4.69, 9.17) is 9.47 Å². The number of hydrogen-bond acceptors (Lipinski definition) is 3. The molecule has 1 fully saturated rings. The summed E-state index contributed by atoms with van der Waals surface area (Å²) in [7, 11) is 0. The zero-order valence-corrected chi connectivity index (χ0v) is 11.5. The van der Waals surface area contributed by atoms with Gasteiger partial charge in [-0.15, -0.1) is 0 Å². The maximum atomic E-state index is 11.1. The van der Waals surface area contributed by atoms with Crippen LogP contribution in [0.4, 0.5) is 0 Å². The van der Waals surface area contributed by atoms with Crippen LogP contribution in [-0.4, -0.2) is 12.1 Å². The minimum Gasteiger partial charge on any atom is -0.489 e. The Bertz CT molecular complexity index is 555. The number of rotatable bonds is 3. The number of carbonyl (C=O) groups is 1. The number of allylic oxidation sites excluding steroid dienone is 2. The number of benzene rings is 1. The Labute approximate surface area is 113 Å². The summed E-state index contributed by atoms with van der Waals surface area (Å²) in [5, 5.41) is 0. The van der Waals surface area contributed by atoms with E-state index in [9.17, 15) is 4.79 Å². The number of para-hydroxylation sites is 1. The first-order valence-corrected chi connectivity index (χ1v) is 6.68. The fraction of sp³-hybridized carbons (Fsp3) is 0.438. The second-order valence-corrected chi connectivity index (χ2v) is 5.53. The van der Waals surface area contributed by atoms with Gasteiger partial charge in [-0.2, -0.15) is 0 Å². The van der Waals surface area contributed by atoms with Crippen molar-refractivity contribution in [3.8, 4) is 5.75 Å². The molecule has 3 rings (SSSR count). The molecule has 0 bridgehead atoms. The Kier molecular flexibility index (Phi) is 2.85. The molecule has 3 nitrogen and oxygen atoms in total. The molecular weight excluding hydrogens is 240 g/mol. The number of esters is 1. The van der Waals surface area contributed by atoms with Gasteiger partial charge in [0.2, 0.25) is 0 Å². The van der Waals surface area contributed by atoms with Crippen LogP contribution in [0.1, 0.15) is 38.7 Å². The van der Waals surface area contributed by atoms with Crippen LogP contribution in [-0.2, 0) is 9.53 Å². The van der Waals surface area contributed by atoms with E-state index in [0.29, 0.717) is 11.8 Å². The maximum Gasteiger partial charge on any atom is 0.307 e. The van der Waals surface area contributed by atoms with Crippen LogP contribution in [0.25, 0.3) is 0 Å². The van der Waals surface area contributed by atoms with Crippen molar-refractivity contribution in [1.82, 2.24) is 0 Å². The summed E-state index contributed by atoms with van der Waals surface area (Å²) >= 11 is 0. The highest BCUT2D eigenvalue weighted by molar-refractivity contribution is 5.67. The predicted molar refractivity (Wildman–Crippen MR) is 71.8 cm³/mol. The molecule has 0 saturated heterocycles. The van der Waals surface area contributed by atoms with Gasteiger partial charge in [0.05, 0.1) is 0 Å². The van der Waals surface area contributed by atoms with Crippen LogP contribution in [0.15, 0.2) is 35.6 Å². The maximum absolute atomic E-state index is 11.1. The van der Waals surface area contributed by atoms with Crippen molar-refractivity contribution in [2.75, 3.05) is 0 Å². The lowest BCUT2D eigenvalue weighted by atomic mass is 10.1. The van der Waals surface area contributed by atoms with E-state index in [-0.39, 0.29) is 12.1 Å². The van der Waals surface area contributed by atoms with E-state index >= 15 is 0 Å². The molecule has 19 heavy (non-hydrogen) atoms. The smallest absolute Gasteiger partial charge is 0.307 e. The van der Waals surface area contributed by atoms with E-state index in [2.05, 4.69) is 6.07 Å². The topological polar surface area (TPSA) is 35.5 Å². The minimum absolute atomic E-state index is 0.247. The molecule has 1 aromatic rings. The first kappa shape index (κ1) is 12.3. The Balaban J connectivity index is 1.72. The lowest BCUT2D eigenvalue weighted by molar-refractivity contribution is -0.137. The zero-order chi connectivity index (χ0) is 13.6. The normalized spacial score (nSPS) is 25.9. The monoisotopic (exact) mass is 258 g/mol. The van der Waals surface area contributed by atoms with E-state index in [1.165, 1.54) is 12.5 Å². The number of ether oxygens (including phenoxy) is 2. The lowest BCUT2D eigenvalue weighted by Crippen LogP contribution is -2.05. The zero-order valence-electron chi connectivity index (χ0n) is 11.5. The average molecular weight is 258 g/mol. The number of fused-ring (bicyclic) bond motifs is 3. The van der Waals surface area contributed by atoms with Crippen molar-refractivity contribution in [1.29, 1.82) is 0 Å².